The van der Waals surface area contributed by atoms with E-state index in [2.05, 4.69) is 30.9 Å². The normalized spacial score (nSPS) is 44.2. The maximum Gasteiger partial charge on any atom is 0.0920 e. The molecule has 0 amide bonds. The molecule has 0 spiro atoms. The number of fused-ring (bicyclic) bond motifs is 1. The molecule has 0 unspecified atom stereocenters. The van der Waals surface area contributed by atoms with Crippen molar-refractivity contribution in [1.82, 2.24) is 9.80 Å². The quantitative estimate of drug-likeness (QED) is 0.515. The van der Waals surface area contributed by atoms with Gasteiger partial charge in [-0.2, -0.15) is 0 Å². The minimum absolute atomic E-state index is 0.481. The van der Waals surface area contributed by atoms with Gasteiger partial charge in [-0.25, -0.2) is 0 Å². The molecule has 2 aliphatic rings. The standard InChI is InChI=1S/C8H16N2O/c1-9(2)6-4-10(3)7-5-11-8(6)7/h6-8H,4-5H2,1-3H3/t6-,7-,8-/m0/s1. The fourth-order valence-electron chi connectivity index (χ4n) is 2.03. The van der Waals surface area contributed by atoms with Crippen LogP contribution in [-0.4, -0.2) is 62.3 Å². The maximum atomic E-state index is 5.52. The molecule has 3 nitrogen and oxygen atoms in total. The molecule has 0 aromatic carbocycles. The molecule has 0 aromatic heterocycles. The Kier molecular flexibility index (Phi) is 1.67. The summed E-state index contributed by atoms with van der Waals surface area (Å²) in [5.74, 6) is 0. The lowest BCUT2D eigenvalue weighted by molar-refractivity contribution is -0.107. The van der Waals surface area contributed by atoms with Crippen LogP contribution in [0.25, 0.3) is 0 Å². The number of rotatable bonds is 1. The van der Waals surface area contributed by atoms with E-state index < -0.39 is 0 Å². The monoisotopic (exact) mass is 156 g/mol. The van der Waals surface area contributed by atoms with Crippen LogP contribution in [0.3, 0.4) is 0 Å². The first-order valence-corrected chi connectivity index (χ1v) is 4.18. The summed E-state index contributed by atoms with van der Waals surface area (Å²) in [5, 5.41) is 0. The van der Waals surface area contributed by atoms with Crippen molar-refractivity contribution in [2.45, 2.75) is 18.2 Å². The van der Waals surface area contributed by atoms with Crippen LogP contribution in [-0.2, 0) is 4.74 Å². The molecule has 2 saturated heterocycles. The molecule has 3 heteroatoms. The zero-order chi connectivity index (χ0) is 8.01. The number of nitrogens with zero attached hydrogens (tertiary/aromatic N) is 2. The second-order valence-electron chi connectivity index (χ2n) is 3.84. The van der Waals surface area contributed by atoms with Gasteiger partial charge in [0.1, 0.15) is 0 Å². The van der Waals surface area contributed by atoms with Crippen molar-refractivity contribution < 1.29 is 4.74 Å². The van der Waals surface area contributed by atoms with Crippen molar-refractivity contribution in [3.05, 3.63) is 0 Å². The lowest BCUT2D eigenvalue weighted by Crippen LogP contribution is -2.53. The van der Waals surface area contributed by atoms with E-state index in [1.807, 2.05) is 0 Å². The molecule has 0 N–H and O–H groups in total. The fourth-order valence-corrected chi connectivity index (χ4v) is 2.03. The molecule has 0 bridgehead atoms. The molecule has 64 valence electrons. The van der Waals surface area contributed by atoms with Gasteiger partial charge in [0.05, 0.1) is 18.8 Å². The van der Waals surface area contributed by atoms with E-state index >= 15 is 0 Å². The van der Waals surface area contributed by atoms with Gasteiger partial charge in [-0.05, 0) is 21.1 Å². The van der Waals surface area contributed by atoms with E-state index in [1.165, 1.54) is 0 Å². The van der Waals surface area contributed by atoms with Gasteiger partial charge < -0.3 is 9.64 Å². The van der Waals surface area contributed by atoms with Crippen molar-refractivity contribution >= 4 is 0 Å². The first kappa shape index (κ1) is 7.53. The highest BCUT2D eigenvalue weighted by molar-refractivity contribution is 5.02. The Balaban J connectivity index is 2.04. The SMILES string of the molecule is CN(C)[C@H]1CN(C)[C@H]2CO[C@@H]12. The van der Waals surface area contributed by atoms with Gasteiger partial charge in [0, 0.05) is 12.6 Å². The predicted octanol–water partition coefficient (Wildman–Crippen LogP) is -0.371. The fraction of sp³-hybridized carbons (Fsp3) is 1.00. The Morgan fingerprint density at radius 1 is 1.45 bits per heavy atom. The van der Waals surface area contributed by atoms with Crippen LogP contribution in [0.4, 0.5) is 0 Å². The molecule has 3 atom stereocenters. The molecule has 2 aliphatic heterocycles. The summed E-state index contributed by atoms with van der Waals surface area (Å²) in [5.41, 5.74) is 0. The second kappa shape index (κ2) is 2.44. The van der Waals surface area contributed by atoms with Gasteiger partial charge in [0.15, 0.2) is 0 Å². The zero-order valence-electron chi connectivity index (χ0n) is 7.45. The topological polar surface area (TPSA) is 15.7 Å². The van der Waals surface area contributed by atoms with Gasteiger partial charge in [-0.3, -0.25) is 4.90 Å². The van der Waals surface area contributed by atoms with E-state index in [4.69, 9.17) is 4.74 Å². The zero-order valence-corrected chi connectivity index (χ0v) is 7.45. The van der Waals surface area contributed by atoms with Crippen LogP contribution >= 0.6 is 0 Å². The summed E-state index contributed by atoms with van der Waals surface area (Å²) >= 11 is 0. The molecule has 11 heavy (non-hydrogen) atoms. The highest BCUT2D eigenvalue weighted by Crippen LogP contribution is 2.30. The summed E-state index contributed by atoms with van der Waals surface area (Å²) in [6.07, 6.45) is 0.481. The summed E-state index contributed by atoms with van der Waals surface area (Å²) in [6, 6.07) is 1.31. The minimum atomic E-state index is 0.481. The van der Waals surface area contributed by atoms with Gasteiger partial charge in [0.2, 0.25) is 0 Å². The Hall–Kier alpha value is -0.120. The Labute approximate surface area is 67.9 Å². The molecule has 0 aromatic rings. The molecular formula is C8H16N2O. The number of hydrogen-bond donors (Lipinski definition) is 0. The third-order valence-corrected chi connectivity index (χ3v) is 2.92. The molecule has 0 aliphatic carbocycles. The summed E-state index contributed by atoms with van der Waals surface area (Å²) in [6.45, 7) is 2.09. The number of ether oxygens (including phenoxy) is 1. The van der Waals surface area contributed by atoms with Crippen LogP contribution in [0.1, 0.15) is 0 Å². The molecular weight excluding hydrogens is 140 g/mol. The molecule has 2 fully saturated rings. The van der Waals surface area contributed by atoms with Crippen molar-refractivity contribution in [3.63, 3.8) is 0 Å². The average molecular weight is 156 g/mol. The van der Waals surface area contributed by atoms with E-state index in [0.29, 0.717) is 18.2 Å². The Bertz CT molecular complexity index is 160. The van der Waals surface area contributed by atoms with Crippen LogP contribution in [0.5, 0.6) is 0 Å². The molecule has 2 rings (SSSR count). The summed E-state index contributed by atoms with van der Waals surface area (Å²) in [4.78, 5) is 4.67. The van der Waals surface area contributed by atoms with Gasteiger partial charge in [-0.15, -0.1) is 0 Å². The van der Waals surface area contributed by atoms with Crippen LogP contribution < -0.4 is 0 Å². The lowest BCUT2D eigenvalue weighted by Gasteiger charge is -2.37. The third kappa shape index (κ3) is 0.991. The average Bonchev–Trinajstić information content (AvgIpc) is 2.02. The van der Waals surface area contributed by atoms with Crippen LogP contribution in [0.15, 0.2) is 0 Å². The molecule has 0 saturated carbocycles. The third-order valence-electron chi connectivity index (χ3n) is 2.92. The van der Waals surface area contributed by atoms with Crippen LogP contribution in [0.2, 0.25) is 0 Å². The lowest BCUT2D eigenvalue weighted by atomic mass is 10.0. The van der Waals surface area contributed by atoms with Gasteiger partial charge in [-0.1, -0.05) is 0 Å². The minimum Gasteiger partial charge on any atom is -0.373 e. The molecule has 0 radical (unpaired) electrons. The van der Waals surface area contributed by atoms with Crippen LogP contribution in [0, 0.1) is 0 Å². The Morgan fingerprint density at radius 2 is 2.18 bits per heavy atom. The van der Waals surface area contributed by atoms with Crippen molar-refractivity contribution in [1.29, 1.82) is 0 Å². The van der Waals surface area contributed by atoms with Crippen molar-refractivity contribution in [3.8, 4) is 0 Å². The second-order valence-corrected chi connectivity index (χ2v) is 3.84. The number of likely N-dealkylation sites (tertiary alicyclic amines) is 1. The highest BCUT2D eigenvalue weighted by Gasteiger charge is 2.47. The number of hydrogen-bond acceptors (Lipinski definition) is 3. The van der Waals surface area contributed by atoms with Crippen molar-refractivity contribution in [2.24, 2.45) is 0 Å². The van der Waals surface area contributed by atoms with Crippen molar-refractivity contribution in [2.75, 3.05) is 34.3 Å². The van der Waals surface area contributed by atoms with E-state index in [0.717, 1.165) is 13.2 Å². The smallest absolute Gasteiger partial charge is 0.0920 e. The van der Waals surface area contributed by atoms with Gasteiger partial charge in [0.25, 0.3) is 0 Å². The Morgan fingerprint density at radius 3 is 2.45 bits per heavy atom. The summed E-state index contributed by atoms with van der Waals surface area (Å²) < 4.78 is 5.52. The largest absolute Gasteiger partial charge is 0.373 e. The first-order valence-electron chi connectivity index (χ1n) is 4.18. The highest BCUT2D eigenvalue weighted by atomic mass is 16.5. The maximum absolute atomic E-state index is 5.52. The van der Waals surface area contributed by atoms with Gasteiger partial charge >= 0.3 is 0 Å². The molecule has 2 heterocycles. The van der Waals surface area contributed by atoms with E-state index in [-0.39, 0.29) is 0 Å². The predicted molar refractivity (Wildman–Crippen MR) is 43.6 cm³/mol. The first-order chi connectivity index (χ1) is 5.20. The van der Waals surface area contributed by atoms with E-state index in [9.17, 15) is 0 Å². The van der Waals surface area contributed by atoms with E-state index in [1.54, 1.807) is 0 Å². The number of likely N-dealkylation sites (N-methyl/N-ethyl adjacent to an activating group) is 2. The summed E-state index contributed by atoms with van der Waals surface area (Å²) in [7, 11) is 6.44.